The van der Waals surface area contributed by atoms with Gasteiger partial charge in [-0.3, -0.25) is 4.90 Å². The number of aromatic amines is 1. The molecule has 0 bridgehead atoms. The van der Waals surface area contributed by atoms with Gasteiger partial charge in [-0.05, 0) is 62.2 Å². The molecular formula is C29H28N6O3. The number of fused-ring (bicyclic) bond motifs is 3. The molecule has 1 amide bonds. The Morgan fingerprint density at radius 2 is 1.92 bits per heavy atom. The third-order valence-corrected chi connectivity index (χ3v) is 6.09. The number of benzene rings is 2. The number of carbonyl (C=O) groups excluding carboxylic acids is 1. The number of carbonyl (C=O) groups is 1. The Hall–Kier alpha value is -4.84. The zero-order valence-corrected chi connectivity index (χ0v) is 21.9. The molecular weight excluding hydrogens is 480 g/mol. The second-order valence-electron chi connectivity index (χ2n) is 10.0. The molecule has 192 valence electrons. The first kappa shape index (κ1) is 24.8. The molecule has 0 radical (unpaired) electrons. The minimum atomic E-state index is -0.700. The summed E-state index contributed by atoms with van der Waals surface area (Å²) in [7, 11) is 3.52. The second kappa shape index (κ2) is 9.56. The molecule has 0 aliphatic rings. The first-order valence-corrected chi connectivity index (χ1v) is 12.1. The molecule has 0 spiro atoms. The average molecular weight is 509 g/mol. The summed E-state index contributed by atoms with van der Waals surface area (Å²) < 4.78 is 13.0. The Bertz CT molecular complexity index is 1690. The SMILES string of the molecule is COc1ccc(CN(C(=O)OC(C)(C)C)c2nc3[nH]c(-c4cccc(C#N)c4)cc3c3c2ncn3C)cc1. The number of pyridine rings is 1. The van der Waals surface area contributed by atoms with Crippen molar-refractivity contribution < 1.29 is 14.3 Å². The fraction of sp³-hybridized carbons (Fsp3) is 0.241. The molecule has 0 saturated carbocycles. The maximum atomic E-state index is 13.5. The third kappa shape index (κ3) is 4.76. The van der Waals surface area contributed by atoms with Crippen LogP contribution in [-0.4, -0.2) is 38.3 Å². The monoisotopic (exact) mass is 508 g/mol. The summed E-state index contributed by atoms with van der Waals surface area (Å²) in [6, 6.07) is 19.0. The number of imidazole rings is 1. The van der Waals surface area contributed by atoms with E-state index in [2.05, 4.69) is 16.0 Å². The molecule has 0 unspecified atom stereocenters. The molecule has 0 aliphatic heterocycles. The number of hydrogen-bond acceptors (Lipinski definition) is 6. The Labute approximate surface area is 220 Å². The zero-order valence-electron chi connectivity index (χ0n) is 21.9. The Balaban J connectivity index is 1.68. The summed E-state index contributed by atoms with van der Waals surface area (Å²) in [5.74, 6) is 1.11. The maximum absolute atomic E-state index is 13.5. The lowest BCUT2D eigenvalue weighted by Gasteiger charge is -2.27. The quantitative estimate of drug-likeness (QED) is 0.315. The van der Waals surface area contributed by atoms with E-state index in [-0.39, 0.29) is 6.54 Å². The van der Waals surface area contributed by atoms with Crippen molar-refractivity contribution in [3.05, 3.63) is 72.1 Å². The predicted octanol–water partition coefficient (Wildman–Crippen LogP) is 5.94. The summed E-state index contributed by atoms with van der Waals surface area (Å²) in [5, 5.41) is 10.2. The fourth-order valence-electron chi connectivity index (χ4n) is 4.34. The molecule has 38 heavy (non-hydrogen) atoms. The van der Waals surface area contributed by atoms with Crippen molar-refractivity contribution in [1.82, 2.24) is 19.5 Å². The minimum absolute atomic E-state index is 0.223. The molecule has 5 aromatic rings. The number of nitrogens with one attached hydrogen (secondary N) is 1. The lowest BCUT2D eigenvalue weighted by Crippen LogP contribution is -2.37. The summed E-state index contributed by atoms with van der Waals surface area (Å²) in [4.78, 5) is 27.9. The standard InChI is InChI=1S/C29H28N6O3/c1-29(2,3)38-28(36)35(16-18-9-11-21(37-5)12-10-18)27-24-25(34(4)17-31-24)22-14-23(32-26(22)33-27)20-8-6-7-19(13-20)15-30/h6-14,17H,16H2,1-5H3,(H,32,33). The molecule has 5 rings (SSSR count). The lowest BCUT2D eigenvalue weighted by molar-refractivity contribution is 0.0577. The average Bonchev–Trinajstić information content (AvgIpc) is 3.50. The molecule has 0 fully saturated rings. The highest BCUT2D eigenvalue weighted by Gasteiger charge is 2.28. The van der Waals surface area contributed by atoms with E-state index < -0.39 is 11.7 Å². The van der Waals surface area contributed by atoms with Gasteiger partial charge >= 0.3 is 6.09 Å². The van der Waals surface area contributed by atoms with Crippen LogP contribution in [0.4, 0.5) is 10.6 Å². The first-order chi connectivity index (χ1) is 18.2. The van der Waals surface area contributed by atoms with Gasteiger partial charge in [0.05, 0.1) is 37.1 Å². The second-order valence-corrected chi connectivity index (χ2v) is 10.0. The molecule has 9 heteroatoms. The fourth-order valence-corrected chi connectivity index (χ4v) is 4.34. The number of aryl methyl sites for hydroxylation is 1. The number of hydrogen-bond donors (Lipinski definition) is 1. The van der Waals surface area contributed by atoms with Crippen LogP contribution < -0.4 is 9.64 Å². The Morgan fingerprint density at radius 1 is 1.16 bits per heavy atom. The van der Waals surface area contributed by atoms with Gasteiger partial charge in [0.15, 0.2) is 5.82 Å². The van der Waals surface area contributed by atoms with E-state index >= 15 is 0 Å². The van der Waals surface area contributed by atoms with Crippen molar-refractivity contribution in [3.8, 4) is 23.1 Å². The lowest BCUT2D eigenvalue weighted by atomic mass is 10.1. The normalized spacial score (nSPS) is 11.5. The van der Waals surface area contributed by atoms with E-state index in [0.717, 1.165) is 33.5 Å². The van der Waals surface area contributed by atoms with Crippen LogP contribution in [0, 0.1) is 11.3 Å². The van der Waals surface area contributed by atoms with Gasteiger partial charge in [-0.1, -0.05) is 24.3 Å². The predicted molar refractivity (Wildman–Crippen MR) is 146 cm³/mol. The first-order valence-electron chi connectivity index (χ1n) is 12.1. The van der Waals surface area contributed by atoms with Crippen LogP contribution in [0.15, 0.2) is 60.9 Å². The highest BCUT2D eigenvalue weighted by molar-refractivity contribution is 6.09. The topological polar surface area (TPSA) is 109 Å². The smallest absolute Gasteiger partial charge is 0.416 e. The molecule has 0 saturated heterocycles. The number of methoxy groups -OCH3 is 1. The van der Waals surface area contributed by atoms with Crippen molar-refractivity contribution in [2.75, 3.05) is 12.0 Å². The number of H-pyrrole nitrogens is 1. The van der Waals surface area contributed by atoms with Crippen LogP contribution in [0.3, 0.4) is 0 Å². The highest BCUT2D eigenvalue weighted by atomic mass is 16.6. The summed E-state index contributed by atoms with van der Waals surface area (Å²) >= 11 is 0. The molecule has 1 N–H and O–H groups in total. The number of nitrogens with zero attached hydrogens (tertiary/aromatic N) is 5. The van der Waals surface area contributed by atoms with E-state index in [9.17, 15) is 10.1 Å². The van der Waals surface area contributed by atoms with Crippen molar-refractivity contribution in [2.45, 2.75) is 32.9 Å². The number of rotatable bonds is 5. The van der Waals surface area contributed by atoms with Gasteiger partial charge in [-0.15, -0.1) is 0 Å². The van der Waals surface area contributed by atoms with Crippen LogP contribution in [0.5, 0.6) is 5.75 Å². The van der Waals surface area contributed by atoms with Gasteiger partial charge in [0, 0.05) is 18.1 Å². The van der Waals surface area contributed by atoms with Crippen LogP contribution in [0.1, 0.15) is 31.9 Å². The Kier molecular flexibility index (Phi) is 6.25. The van der Waals surface area contributed by atoms with Gasteiger partial charge in [0.1, 0.15) is 22.5 Å². The van der Waals surface area contributed by atoms with Crippen molar-refractivity contribution in [2.24, 2.45) is 7.05 Å². The molecule has 3 heterocycles. The maximum Gasteiger partial charge on any atom is 0.416 e. The Morgan fingerprint density at radius 3 is 2.61 bits per heavy atom. The number of amides is 1. The van der Waals surface area contributed by atoms with E-state index in [1.807, 2.05) is 80.9 Å². The van der Waals surface area contributed by atoms with Crippen LogP contribution in [-0.2, 0) is 18.3 Å². The van der Waals surface area contributed by atoms with Crippen molar-refractivity contribution in [3.63, 3.8) is 0 Å². The van der Waals surface area contributed by atoms with Gasteiger partial charge in [0.25, 0.3) is 0 Å². The summed E-state index contributed by atoms with van der Waals surface area (Å²) in [5.41, 5.74) is 4.41. The van der Waals surface area contributed by atoms with E-state index in [1.54, 1.807) is 19.5 Å². The largest absolute Gasteiger partial charge is 0.497 e. The number of ether oxygens (including phenoxy) is 2. The zero-order chi connectivity index (χ0) is 27.0. The van der Waals surface area contributed by atoms with Gasteiger partial charge in [-0.25, -0.2) is 14.8 Å². The molecule has 3 aromatic heterocycles. The minimum Gasteiger partial charge on any atom is -0.497 e. The number of nitriles is 1. The van der Waals surface area contributed by atoms with E-state index in [4.69, 9.17) is 14.5 Å². The third-order valence-electron chi connectivity index (χ3n) is 6.09. The van der Waals surface area contributed by atoms with Crippen LogP contribution >= 0.6 is 0 Å². The van der Waals surface area contributed by atoms with E-state index in [1.165, 1.54) is 4.90 Å². The number of aromatic nitrogens is 4. The van der Waals surface area contributed by atoms with Gasteiger partial charge < -0.3 is 19.0 Å². The molecule has 9 nitrogen and oxygen atoms in total. The molecule has 0 aliphatic carbocycles. The summed E-state index contributed by atoms with van der Waals surface area (Å²) in [6.45, 7) is 5.71. The molecule has 2 aromatic carbocycles. The summed E-state index contributed by atoms with van der Waals surface area (Å²) in [6.07, 6.45) is 1.18. The number of anilines is 1. The van der Waals surface area contributed by atoms with Crippen LogP contribution in [0.2, 0.25) is 0 Å². The highest BCUT2D eigenvalue weighted by Crippen LogP contribution is 2.34. The van der Waals surface area contributed by atoms with Gasteiger partial charge in [-0.2, -0.15) is 5.26 Å². The van der Waals surface area contributed by atoms with Crippen molar-refractivity contribution in [1.29, 1.82) is 5.26 Å². The molecule has 0 atom stereocenters. The van der Waals surface area contributed by atoms with Crippen molar-refractivity contribution >= 4 is 34.0 Å². The van der Waals surface area contributed by atoms with Crippen LogP contribution in [0.25, 0.3) is 33.3 Å². The van der Waals surface area contributed by atoms with Gasteiger partial charge in [0.2, 0.25) is 0 Å². The van der Waals surface area contributed by atoms with E-state index in [0.29, 0.717) is 22.5 Å².